The van der Waals surface area contributed by atoms with Gasteiger partial charge in [0, 0.05) is 11.6 Å². The molecule has 0 bridgehead atoms. The molecule has 0 unspecified atom stereocenters. The Morgan fingerprint density at radius 2 is 1.85 bits per heavy atom. The van der Waals surface area contributed by atoms with E-state index in [2.05, 4.69) is 0 Å². The molecular weight excluding hydrogens is 264 g/mol. The summed E-state index contributed by atoms with van der Waals surface area (Å²) in [5.41, 5.74) is 0.763. The zero-order chi connectivity index (χ0) is 14.5. The molecule has 0 aliphatic heterocycles. The first-order valence-corrected chi connectivity index (χ1v) is 5.71. The maximum atomic E-state index is 13.3. The number of ether oxygens (including phenoxy) is 1. The summed E-state index contributed by atoms with van der Waals surface area (Å²) >= 11 is 0. The topological polar surface area (TPSA) is 50.1 Å². The van der Waals surface area contributed by atoms with Gasteiger partial charge in [-0.3, -0.25) is 4.79 Å². The Bertz CT molecular complexity index is 675. The quantitative estimate of drug-likeness (QED) is 0.804. The molecule has 5 heteroatoms. The van der Waals surface area contributed by atoms with Crippen LogP contribution in [-0.2, 0) is 0 Å². The van der Waals surface area contributed by atoms with E-state index in [-0.39, 0.29) is 5.75 Å². The van der Waals surface area contributed by atoms with Crippen LogP contribution in [0.4, 0.5) is 8.78 Å². The van der Waals surface area contributed by atoms with Crippen molar-refractivity contribution in [2.24, 2.45) is 0 Å². The van der Waals surface area contributed by atoms with Gasteiger partial charge in [0.1, 0.15) is 5.82 Å². The summed E-state index contributed by atoms with van der Waals surface area (Å²) in [6.45, 7) is -0.410. The van der Waals surface area contributed by atoms with E-state index >= 15 is 0 Å². The molecule has 0 saturated heterocycles. The number of hydrogen-bond acceptors (Lipinski definition) is 3. The zero-order valence-corrected chi connectivity index (χ0v) is 10.3. The molecule has 3 nitrogen and oxygen atoms in total. The Morgan fingerprint density at radius 3 is 2.50 bits per heavy atom. The van der Waals surface area contributed by atoms with Crippen LogP contribution in [0.3, 0.4) is 0 Å². The molecule has 2 aromatic carbocycles. The van der Waals surface area contributed by atoms with Crippen molar-refractivity contribution in [1.82, 2.24) is 0 Å². The molecule has 0 saturated carbocycles. The molecule has 0 radical (unpaired) electrons. The van der Waals surface area contributed by atoms with Crippen molar-refractivity contribution in [2.45, 2.75) is 0 Å². The number of hydrogen-bond donors (Lipinski definition) is 0. The lowest BCUT2D eigenvalue weighted by Crippen LogP contribution is -2.12. The summed E-state index contributed by atoms with van der Waals surface area (Å²) in [7, 11) is 0. The number of nitriles is 1. The molecule has 20 heavy (non-hydrogen) atoms. The van der Waals surface area contributed by atoms with Crippen LogP contribution in [0.1, 0.15) is 15.9 Å². The molecule has 0 spiro atoms. The van der Waals surface area contributed by atoms with E-state index in [9.17, 15) is 13.6 Å². The summed E-state index contributed by atoms with van der Waals surface area (Å²) < 4.78 is 31.2. The van der Waals surface area contributed by atoms with Crippen molar-refractivity contribution in [3.05, 3.63) is 65.2 Å². The average molecular weight is 273 g/mol. The Hall–Kier alpha value is -2.74. The summed E-state index contributed by atoms with van der Waals surface area (Å²) in [5, 5.41) is 8.64. The van der Waals surface area contributed by atoms with E-state index in [1.165, 1.54) is 24.3 Å². The minimum absolute atomic E-state index is 0.313. The van der Waals surface area contributed by atoms with Gasteiger partial charge in [-0.1, -0.05) is 0 Å². The second kappa shape index (κ2) is 5.93. The normalized spacial score (nSPS) is 9.85. The van der Waals surface area contributed by atoms with Gasteiger partial charge >= 0.3 is 0 Å². The van der Waals surface area contributed by atoms with Gasteiger partial charge in [-0.15, -0.1) is 0 Å². The van der Waals surface area contributed by atoms with E-state index in [4.69, 9.17) is 10.00 Å². The highest BCUT2D eigenvalue weighted by molar-refractivity contribution is 5.97. The molecule has 0 heterocycles. The van der Waals surface area contributed by atoms with E-state index < -0.39 is 24.0 Å². The molecule has 0 aliphatic carbocycles. The fourth-order valence-corrected chi connectivity index (χ4v) is 1.55. The van der Waals surface area contributed by atoms with E-state index in [1.807, 2.05) is 6.07 Å². The Kier molecular flexibility index (Phi) is 4.06. The van der Waals surface area contributed by atoms with Gasteiger partial charge in [0.25, 0.3) is 0 Å². The zero-order valence-electron chi connectivity index (χ0n) is 10.3. The maximum Gasteiger partial charge on any atom is 0.200 e. The number of Topliss-reactive ketones (excluding diaryl/α,β-unsaturated/α-hetero) is 1. The molecule has 0 aliphatic rings. The third kappa shape index (κ3) is 3.18. The standard InChI is InChI=1S/C15H9F2NO2/c16-12-5-6-13(17)15(7-12)20-9-14(19)11-3-1-10(8-18)2-4-11/h1-7H,9H2. The van der Waals surface area contributed by atoms with Gasteiger partial charge in [-0.05, 0) is 36.4 Å². The minimum atomic E-state index is -0.737. The van der Waals surface area contributed by atoms with Crippen LogP contribution in [-0.4, -0.2) is 12.4 Å². The molecule has 100 valence electrons. The van der Waals surface area contributed by atoms with Crippen LogP contribution in [0, 0.1) is 23.0 Å². The third-order valence-electron chi connectivity index (χ3n) is 2.59. The minimum Gasteiger partial charge on any atom is -0.482 e. The van der Waals surface area contributed by atoms with Crippen molar-refractivity contribution in [3.8, 4) is 11.8 Å². The summed E-state index contributed by atoms with van der Waals surface area (Å²) in [4.78, 5) is 11.8. The van der Waals surface area contributed by atoms with Crippen LogP contribution in [0.5, 0.6) is 5.75 Å². The first-order valence-electron chi connectivity index (χ1n) is 5.71. The van der Waals surface area contributed by atoms with Crippen LogP contribution < -0.4 is 4.74 Å². The predicted molar refractivity (Wildman–Crippen MR) is 67.3 cm³/mol. The third-order valence-corrected chi connectivity index (χ3v) is 2.59. The predicted octanol–water partition coefficient (Wildman–Crippen LogP) is 3.10. The fourth-order valence-electron chi connectivity index (χ4n) is 1.55. The van der Waals surface area contributed by atoms with Crippen LogP contribution in [0.15, 0.2) is 42.5 Å². The van der Waals surface area contributed by atoms with Crippen molar-refractivity contribution < 1.29 is 18.3 Å². The Balaban J connectivity index is 2.04. The Labute approximate surface area is 114 Å². The number of halogens is 2. The second-order valence-corrected chi connectivity index (χ2v) is 3.98. The average Bonchev–Trinajstić information content (AvgIpc) is 2.48. The summed E-state index contributed by atoms with van der Waals surface area (Å²) in [5.74, 6) is -2.09. The monoisotopic (exact) mass is 273 g/mol. The molecule has 0 aromatic heterocycles. The molecule has 0 N–H and O–H groups in total. The van der Waals surface area contributed by atoms with Gasteiger partial charge in [0.2, 0.25) is 0 Å². The van der Waals surface area contributed by atoms with Gasteiger partial charge in [-0.25, -0.2) is 8.78 Å². The number of rotatable bonds is 4. The van der Waals surface area contributed by atoms with Crippen LogP contribution in [0.25, 0.3) is 0 Å². The van der Waals surface area contributed by atoms with Crippen molar-refractivity contribution in [1.29, 1.82) is 5.26 Å². The van der Waals surface area contributed by atoms with Crippen molar-refractivity contribution in [3.63, 3.8) is 0 Å². The largest absolute Gasteiger partial charge is 0.482 e. The highest BCUT2D eigenvalue weighted by atomic mass is 19.1. The van der Waals surface area contributed by atoms with E-state index in [0.717, 1.165) is 18.2 Å². The number of nitrogens with zero attached hydrogens (tertiary/aromatic N) is 1. The van der Waals surface area contributed by atoms with E-state index in [1.54, 1.807) is 0 Å². The SMILES string of the molecule is N#Cc1ccc(C(=O)COc2cc(F)ccc2F)cc1. The summed E-state index contributed by atoms with van der Waals surface area (Å²) in [6.07, 6.45) is 0. The lowest BCUT2D eigenvalue weighted by molar-refractivity contribution is 0.0918. The number of carbonyl (C=O) groups excluding carboxylic acids is 1. The van der Waals surface area contributed by atoms with Gasteiger partial charge < -0.3 is 4.74 Å². The van der Waals surface area contributed by atoms with Crippen molar-refractivity contribution >= 4 is 5.78 Å². The first-order chi connectivity index (χ1) is 9.60. The summed E-state index contributed by atoms with van der Waals surface area (Å²) in [6, 6.07) is 10.6. The number of benzene rings is 2. The number of carbonyl (C=O) groups is 1. The fraction of sp³-hybridized carbons (Fsp3) is 0.0667. The lowest BCUT2D eigenvalue weighted by atomic mass is 10.1. The van der Waals surface area contributed by atoms with Crippen LogP contribution in [0.2, 0.25) is 0 Å². The Morgan fingerprint density at radius 1 is 1.15 bits per heavy atom. The van der Waals surface area contributed by atoms with Gasteiger partial charge in [0.15, 0.2) is 24.0 Å². The highest BCUT2D eigenvalue weighted by Crippen LogP contribution is 2.18. The molecular formula is C15H9F2NO2. The molecule has 0 fully saturated rings. The molecule has 0 atom stereocenters. The molecule has 2 rings (SSSR count). The first kappa shape index (κ1) is 13.7. The number of ketones is 1. The maximum absolute atomic E-state index is 13.3. The van der Waals surface area contributed by atoms with Gasteiger partial charge in [0.05, 0.1) is 11.6 Å². The van der Waals surface area contributed by atoms with E-state index in [0.29, 0.717) is 11.1 Å². The highest BCUT2D eigenvalue weighted by Gasteiger charge is 2.10. The lowest BCUT2D eigenvalue weighted by Gasteiger charge is -2.06. The van der Waals surface area contributed by atoms with Crippen molar-refractivity contribution in [2.75, 3.05) is 6.61 Å². The van der Waals surface area contributed by atoms with Gasteiger partial charge in [-0.2, -0.15) is 5.26 Å². The molecule has 2 aromatic rings. The molecule has 0 amide bonds. The smallest absolute Gasteiger partial charge is 0.200 e. The second-order valence-electron chi connectivity index (χ2n) is 3.98. The van der Waals surface area contributed by atoms with Crippen LogP contribution >= 0.6 is 0 Å².